The van der Waals surface area contributed by atoms with Crippen LogP contribution in [0.5, 0.6) is 5.75 Å². The third-order valence-electron chi connectivity index (χ3n) is 5.26. The van der Waals surface area contributed by atoms with E-state index in [2.05, 4.69) is 27.5 Å². The molecule has 1 N–H and O–H groups in total. The summed E-state index contributed by atoms with van der Waals surface area (Å²) < 4.78 is 5.39. The van der Waals surface area contributed by atoms with Gasteiger partial charge in [-0.25, -0.2) is 0 Å². The quantitative estimate of drug-likeness (QED) is 0.813. The lowest BCUT2D eigenvalue weighted by Gasteiger charge is -2.38. The molecule has 0 aromatic heterocycles. The van der Waals surface area contributed by atoms with Crippen LogP contribution in [0.15, 0.2) is 59.8 Å². The first-order chi connectivity index (χ1) is 13.2. The zero-order chi connectivity index (χ0) is 18.7. The molecule has 140 valence electrons. The molecule has 1 spiro atoms. The van der Waals surface area contributed by atoms with Crippen LogP contribution in [-0.2, 0) is 4.84 Å². The Morgan fingerprint density at radius 2 is 1.81 bits per heavy atom. The fourth-order valence-electron chi connectivity index (χ4n) is 3.63. The van der Waals surface area contributed by atoms with Gasteiger partial charge in [0.15, 0.2) is 5.11 Å². The van der Waals surface area contributed by atoms with Crippen LogP contribution in [0.3, 0.4) is 0 Å². The molecule has 2 aromatic rings. The maximum Gasteiger partial charge on any atom is 0.173 e. The summed E-state index contributed by atoms with van der Waals surface area (Å²) in [5.74, 6) is 0.786. The highest BCUT2D eigenvalue weighted by atomic mass is 32.1. The predicted octanol–water partition coefficient (Wildman–Crippen LogP) is 4.05. The summed E-state index contributed by atoms with van der Waals surface area (Å²) in [4.78, 5) is 8.10. The summed E-state index contributed by atoms with van der Waals surface area (Å²) in [5.41, 5.74) is 2.88. The van der Waals surface area contributed by atoms with Crippen molar-refractivity contribution in [1.29, 1.82) is 0 Å². The molecule has 0 saturated carbocycles. The van der Waals surface area contributed by atoms with Gasteiger partial charge in [0.25, 0.3) is 0 Å². The lowest BCUT2D eigenvalue weighted by Crippen LogP contribution is -2.48. The predicted molar refractivity (Wildman–Crippen MR) is 111 cm³/mol. The van der Waals surface area contributed by atoms with Gasteiger partial charge in [0.05, 0.1) is 18.5 Å². The Labute approximate surface area is 165 Å². The van der Waals surface area contributed by atoms with E-state index in [0.29, 0.717) is 0 Å². The summed E-state index contributed by atoms with van der Waals surface area (Å²) in [7, 11) is 1.66. The van der Waals surface area contributed by atoms with Crippen LogP contribution in [-0.4, -0.2) is 41.5 Å². The van der Waals surface area contributed by atoms with E-state index in [1.807, 2.05) is 42.5 Å². The Kier molecular flexibility index (Phi) is 4.99. The molecule has 2 heterocycles. The minimum Gasteiger partial charge on any atom is -0.495 e. The van der Waals surface area contributed by atoms with Crippen molar-refractivity contribution in [3.63, 3.8) is 0 Å². The van der Waals surface area contributed by atoms with Crippen LogP contribution < -0.4 is 10.1 Å². The highest BCUT2D eigenvalue weighted by Gasteiger charge is 2.42. The molecule has 2 aliphatic heterocycles. The fourth-order valence-corrected chi connectivity index (χ4v) is 3.93. The third-order valence-corrected chi connectivity index (χ3v) is 5.62. The number of hydrogen-bond donors (Lipinski definition) is 1. The van der Waals surface area contributed by atoms with Gasteiger partial charge in [-0.3, -0.25) is 0 Å². The Hall–Kier alpha value is -2.60. The van der Waals surface area contributed by atoms with Crippen molar-refractivity contribution in [2.24, 2.45) is 5.16 Å². The largest absolute Gasteiger partial charge is 0.495 e. The van der Waals surface area contributed by atoms with Gasteiger partial charge in [-0.05, 0) is 29.9 Å². The molecule has 0 amide bonds. The van der Waals surface area contributed by atoms with Crippen molar-refractivity contribution in [3.8, 4) is 5.75 Å². The van der Waals surface area contributed by atoms with Gasteiger partial charge in [0.1, 0.15) is 11.4 Å². The monoisotopic (exact) mass is 381 g/mol. The van der Waals surface area contributed by atoms with Gasteiger partial charge in [0.2, 0.25) is 0 Å². The second-order valence-corrected chi connectivity index (χ2v) is 7.36. The molecule has 27 heavy (non-hydrogen) atoms. The van der Waals surface area contributed by atoms with Gasteiger partial charge in [-0.1, -0.05) is 47.6 Å². The number of methoxy groups -OCH3 is 1. The zero-order valence-corrected chi connectivity index (χ0v) is 16.2. The van der Waals surface area contributed by atoms with Gasteiger partial charge in [-0.15, -0.1) is 0 Å². The van der Waals surface area contributed by atoms with E-state index < -0.39 is 0 Å². The van der Waals surface area contributed by atoms with E-state index in [1.165, 1.54) is 0 Å². The molecule has 0 atom stereocenters. The van der Waals surface area contributed by atoms with Gasteiger partial charge in [0, 0.05) is 32.4 Å². The summed E-state index contributed by atoms with van der Waals surface area (Å²) in [6.45, 7) is 1.69. The van der Waals surface area contributed by atoms with Crippen LogP contribution in [0, 0.1) is 0 Å². The van der Waals surface area contributed by atoms with Crippen molar-refractivity contribution in [3.05, 3.63) is 60.2 Å². The number of thiocarbonyl (C=S) groups is 1. The maximum absolute atomic E-state index is 5.91. The Bertz CT molecular complexity index is 846. The first kappa shape index (κ1) is 17.8. The average Bonchev–Trinajstić information content (AvgIpc) is 3.13. The number of piperidine rings is 1. The molecule has 6 heteroatoms. The molecule has 4 rings (SSSR count). The number of likely N-dealkylation sites (tertiary alicyclic amines) is 1. The van der Waals surface area contributed by atoms with E-state index in [0.717, 1.165) is 60.2 Å². The highest BCUT2D eigenvalue weighted by molar-refractivity contribution is 7.80. The van der Waals surface area contributed by atoms with Gasteiger partial charge < -0.3 is 19.8 Å². The normalized spacial score (nSPS) is 18.0. The molecular weight excluding hydrogens is 358 g/mol. The summed E-state index contributed by atoms with van der Waals surface area (Å²) in [6.07, 6.45) is 2.67. The molecule has 2 aliphatic rings. The SMILES string of the molecule is COc1ccccc1NC(=S)N1CCC2(CC1)CC(c1ccccc1)=NO2. The fraction of sp³-hybridized carbons (Fsp3) is 0.333. The van der Waals surface area contributed by atoms with Crippen molar-refractivity contribution < 1.29 is 9.57 Å². The van der Waals surface area contributed by atoms with Gasteiger partial charge in [-0.2, -0.15) is 0 Å². The lowest BCUT2D eigenvalue weighted by atomic mass is 9.85. The number of rotatable bonds is 3. The lowest BCUT2D eigenvalue weighted by molar-refractivity contribution is -0.0521. The minimum absolute atomic E-state index is 0.193. The van der Waals surface area contributed by atoms with E-state index in [4.69, 9.17) is 21.8 Å². The molecular formula is C21H23N3O2S. The second kappa shape index (κ2) is 7.56. The first-order valence-corrected chi connectivity index (χ1v) is 9.59. The molecule has 1 saturated heterocycles. The van der Waals surface area contributed by atoms with Crippen LogP contribution in [0.25, 0.3) is 0 Å². The topological polar surface area (TPSA) is 46.1 Å². The molecule has 0 bridgehead atoms. The number of nitrogens with one attached hydrogen (secondary N) is 1. The van der Waals surface area contributed by atoms with Crippen molar-refractivity contribution in [1.82, 2.24) is 4.90 Å². The van der Waals surface area contributed by atoms with E-state index in [9.17, 15) is 0 Å². The molecule has 0 aliphatic carbocycles. The summed E-state index contributed by atoms with van der Waals surface area (Å²) in [6, 6.07) is 18.1. The number of benzene rings is 2. The van der Waals surface area contributed by atoms with Crippen molar-refractivity contribution in [2.45, 2.75) is 24.9 Å². The third kappa shape index (κ3) is 3.76. The average molecular weight is 382 g/mol. The van der Waals surface area contributed by atoms with Crippen LogP contribution >= 0.6 is 12.2 Å². The molecule has 1 fully saturated rings. The van der Waals surface area contributed by atoms with Crippen LogP contribution in [0.4, 0.5) is 5.69 Å². The number of para-hydroxylation sites is 2. The van der Waals surface area contributed by atoms with E-state index in [-0.39, 0.29) is 5.60 Å². The smallest absolute Gasteiger partial charge is 0.173 e. The summed E-state index contributed by atoms with van der Waals surface area (Å²) >= 11 is 5.62. The van der Waals surface area contributed by atoms with Crippen molar-refractivity contribution >= 4 is 28.7 Å². The Balaban J connectivity index is 1.35. The Morgan fingerprint density at radius 3 is 2.56 bits per heavy atom. The Morgan fingerprint density at radius 1 is 1.11 bits per heavy atom. The number of hydrogen-bond acceptors (Lipinski definition) is 4. The van der Waals surface area contributed by atoms with Gasteiger partial charge >= 0.3 is 0 Å². The maximum atomic E-state index is 5.91. The number of anilines is 1. The van der Waals surface area contributed by atoms with Crippen molar-refractivity contribution in [2.75, 3.05) is 25.5 Å². The molecule has 0 radical (unpaired) electrons. The number of oxime groups is 1. The molecule has 5 nitrogen and oxygen atoms in total. The first-order valence-electron chi connectivity index (χ1n) is 9.19. The highest BCUT2D eigenvalue weighted by Crippen LogP contribution is 2.36. The molecule has 0 unspecified atom stereocenters. The van der Waals surface area contributed by atoms with E-state index in [1.54, 1.807) is 7.11 Å². The minimum atomic E-state index is -0.193. The zero-order valence-electron chi connectivity index (χ0n) is 15.4. The number of nitrogens with zero attached hydrogens (tertiary/aromatic N) is 2. The summed E-state index contributed by atoms with van der Waals surface area (Å²) in [5, 5.41) is 8.40. The second-order valence-electron chi connectivity index (χ2n) is 6.97. The van der Waals surface area contributed by atoms with E-state index >= 15 is 0 Å². The van der Waals surface area contributed by atoms with Crippen LogP contribution in [0.1, 0.15) is 24.8 Å². The van der Waals surface area contributed by atoms with Crippen LogP contribution in [0.2, 0.25) is 0 Å². The standard InChI is InChI=1S/C21H23N3O2S/c1-25-19-10-6-5-9-17(19)22-20(27)24-13-11-21(12-14-24)15-18(23-26-21)16-7-3-2-4-8-16/h2-10H,11-15H2,1H3,(H,22,27). The molecule has 2 aromatic carbocycles. The number of ether oxygens (including phenoxy) is 1.